The van der Waals surface area contributed by atoms with Gasteiger partial charge in [0, 0.05) is 36.1 Å². The van der Waals surface area contributed by atoms with Gasteiger partial charge in [-0.05, 0) is 24.5 Å². The van der Waals surface area contributed by atoms with Crippen LogP contribution in [0.3, 0.4) is 0 Å². The lowest BCUT2D eigenvalue weighted by Gasteiger charge is -2.13. The number of hydrogen-bond acceptors (Lipinski definition) is 3. The van der Waals surface area contributed by atoms with E-state index < -0.39 is 0 Å². The van der Waals surface area contributed by atoms with Crippen LogP contribution < -0.4 is 10.6 Å². The van der Waals surface area contributed by atoms with E-state index in [9.17, 15) is 0 Å². The van der Waals surface area contributed by atoms with Crippen LogP contribution in [0.5, 0.6) is 0 Å². The first-order valence-electron chi connectivity index (χ1n) is 9.42. The Balaban J connectivity index is 0.00000280. The van der Waals surface area contributed by atoms with Gasteiger partial charge in [-0.3, -0.25) is 4.99 Å². The van der Waals surface area contributed by atoms with Crippen LogP contribution in [-0.4, -0.2) is 29.5 Å². The van der Waals surface area contributed by atoms with E-state index in [0.29, 0.717) is 12.4 Å². The average Bonchev–Trinajstić information content (AvgIpc) is 3.28. The fourth-order valence-electron chi connectivity index (χ4n) is 2.94. The Hall–Kier alpha value is -2.03. The standard InChI is InChI=1S/C21H29N5O.HI/c1-21(2,3)18-13-25-19(27-18)14-26-20(22-4)23-11-7-8-15-12-24-17-10-6-5-9-16(15)17;/h5-6,9-10,12-13,24H,7-8,11,14H2,1-4H3,(H2,22,23,26);1H. The largest absolute Gasteiger partial charge is 0.443 e. The van der Waals surface area contributed by atoms with Gasteiger partial charge in [0.15, 0.2) is 5.96 Å². The van der Waals surface area contributed by atoms with Crippen LogP contribution in [0.1, 0.15) is 44.4 Å². The number of fused-ring (bicyclic) bond motifs is 1. The van der Waals surface area contributed by atoms with E-state index in [-0.39, 0.29) is 29.4 Å². The Morgan fingerprint density at radius 1 is 1.21 bits per heavy atom. The minimum Gasteiger partial charge on any atom is -0.443 e. The summed E-state index contributed by atoms with van der Waals surface area (Å²) in [4.78, 5) is 11.9. The molecule has 0 saturated heterocycles. The molecule has 0 spiro atoms. The lowest BCUT2D eigenvalue weighted by atomic mass is 9.94. The highest BCUT2D eigenvalue weighted by Crippen LogP contribution is 2.22. The van der Waals surface area contributed by atoms with Gasteiger partial charge in [-0.2, -0.15) is 0 Å². The molecule has 0 unspecified atom stereocenters. The summed E-state index contributed by atoms with van der Waals surface area (Å²) in [6.07, 6.45) is 5.94. The number of rotatable bonds is 6. The molecule has 0 amide bonds. The molecular formula is C21H30IN5O. The minimum absolute atomic E-state index is 0. The van der Waals surface area contributed by atoms with Gasteiger partial charge < -0.3 is 20.0 Å². The molecule has 2 heterocycles. The Labute approximate surface area is 183 Å². The van der Waals surface area contributed by atoms with E-state index in [1.54, 1.807) is 13.2 Å². The van der Waals surface area contributed by atoms with E-state index in [4.69, 9.17) is 4.42 Å². The van der Waals surface area contributed by atoms with E-state index >= 15 is 0 Å². The first-order chi connectivity index (χ1) is 13.0. The second kappa shape index (κ2) is 9.95. The molecule has 0 aliphatic heterocycles. The Kier molecular flexibility index (Phi) is 7.91. The number of para-hydroxylation sites is 1. The Morgan fingerprint density at radius 3 is 2.71 bits per heavy atom. The van der Waals surface area contributed by atoms with Gasteiger partial charge in [0.2, 0.25) is 5.89 Å². The number of benzene rings is 1. The number of aliphatic imine (C=N–C) groups is 1. The first-order valence-corrected chi connectivity index (χ1v) is 9.42. The fraction of sp³-hybridized carbons (Fsp3) is 0.429. The smallest absolute Gasteiger partial charge is 0.213 e. The summed E-state index contributed by atoms with van der Waals surface area (Å²) in [6.45, 7) is 7.69. The zero-order valence-corrected chi connectivity index (χ0v) is 19.3. The van der Waals surface area contributed by atoms with Gasteiger partial charge in [-0.1, -0.05) is 39.0 Å². The number of aryl methyl sites for hydroxylation is 1. The van der Waals surface area contributed by atoms with Crippen LogP contribution >= 0.6 is 24.0 Å². The third-order valence-electron chi connectivity index (χ3n) is 4.51. The van der Waals surface area contributed by atoms with Crippen LogP contribution in [-0.2, 0) is 18.4 Å². The van der Waals surface area contributed by atoms with Crippen molar-refractivity contribution in [1.82, 2.24) is 20.6 Å². The third kappa shape index (κ3) is 5.73. The van der Waals surface area contributed by atoms with Crippen molar-refractivity contribution in [1.29, 1.82) is 0 Å². The summed E-state index contributed by atoms with van der Waals surface area (Å²) in [5.41, 5.74) is 2.51. The first kappa shape index (κ1) is 22.3. The zero-order valence-electron chi connectivity index (χ0n) is 17.0. The van der Waals surface area contributed by atoms with Crippen molar-refractivity contribution in [3.05, 3.63) is 53.9 Å². The number of aromatic amines is 1. The van der Waals surface area contributed by atoms with Crippen molar-refractivity contribution in [2.45, 2.75) is 45.6 Å². The monoisotopic (exact) mass is 495 g/mol. The van der Waals surface area contributed by atoms with Crippen LogP contribution in [0, 0.1) is 0 Å². The van der Waals surface area contributed by atoms with Gasteiger partial charge in [-0.25, -0.2) is 4.98 Å². The number of aromatic nitrogens is 2. The summed E-state index contributed by atoms with van der Waals surface area (Å²) in [5, 5.41) is 7.90. The molecule has 0 radical (unpaired) electrons. The lowest BCUT2D eigenvalue weighted by Crippen LogP contribution is -2.37. The highest BCUT2D eigenvalue weighted by Gasteiger charge is 2.19. The molecule has 0 fully saturated rings. The van der Waals surface area contributed by atoms with Gasteiger partial charge in [0.25, 0.3) is 0 Å². The van der Waals surface area contributed by atoms with Crippen molar-refractivity contribution in [3.63, 3.8) is 0 Å². The zero-order chi connectivity index (χ0) is 19.3. The maximum absolute atomic E-state index is 5.80. The molecule has 28 heavy (non-hydrogen) atoms. The number of H-pyrrole nitrogens is 1. The molecule has 0 saturated carbocycles. The van der Waals surface area contributed by atoms with Crippen LogP contribution in [0.15, 0.2) is 46.1 Å². The molecule has 1 aromatic carbocycles. The number of oxazole rings is 1. The highest BCUT2D eigenvalue weighted by molar-refractivity contribution is 14.0. The van der Waals surface area contributed by atoms with Gasteiger partial charge in [0.1, 0.15) is 5.76 Å². The number of nitrogens with one attached hydrogen (secondary N) is 3. The molecule has 7 heteroatoms. The van der Waals surface area contributed by atoms with E-state index in [1.807, 2.05) is 0 Å². The van der Waals surface area contributed by atoms with Crippen molar-refractivity contribution in [2.75, 3.05) is 13.6 Å². The number of hydrogen-bond donors (Lipinski definition) is 3. The number of guanidine groups is 1. The van der Waals surface area contributed by atoms with Gasteiger partial charge in [-0.15, -0.1) is 24.0 Å². The number of nitrogens with zero attached hydrogens (tertiary/aromatic N) is 2. The van der Waals surface area contributed by atoms with Crippen LogP contribution in [0.25, 0.3) is 10.9 Å². The quantitative estimate of drug-likeness (QED) is 0.206. The third-order valence-corrected chi connectivity index (χ3v) is 4.51. The molecule has 3 N–H and O–H groups in total. The predicted molar refractivity (Wildman–Crippen MR) is 125 cm³/mol. The molecule has 0 aliphatic rings. The van der Waals surface area contributed by atoms with E-state index in [1.165, 1.54) is 16.5 Å². The summed E-state index contributed by atoms with van der Waals surface area (Å²) in [5.74, 6) is 2.31. The minimum atomic E-state index is -0.0342. The van der Waals surface area contributed by atoms with Crippen molar-refractivity contribution in [2.24, 2.45) is 4.99 Å². The summed E-state index contributed by atoms with van der Waals surface area (Å²) >= 11 is 0. The molecule has 2 aromatic heterocycles. The van der Waals surface area contributed by atoms with Crippen molar-refractivity contribution < 1.29 is 4.42 Å². The van der Waals surface area contributed by atoms with E-state index in [0.717, 1.165) is 31.1 Å². The molecule has 3 aromatic rings. The maximum Gasteiger partial charge on any atom is 0.213 e. The van der Waals surface area contributed by atoms with Crippen LogP contribution in [0.2, 0.25) is 0 Å². The number of halogens is 1. The topological polar surface area (TPSA) is 78.2 Å². The summed E-state index contributed by atoms with van der Waals surface area (Å²) < 4.78 is 5.80. The van der Waals surface area contributed by atoms with Gasteiger partial charge in [0.05, 0.1) is 12.7 Å². The van der Waals surface area contributed by atoms with Crippen molar-refractivity contribution in [3.8, 4) is 0 Å². The van der Waals surface area contributed by atoms with Gasteiger partial charge >= 0.3 is 0 Å². The SMILES string of the molecule is CN=C(NCCCc1c[nH]c2ccccc12)NCc1ncc(C(C)(C)C)o1.I. The summed E-state index contributed by atoms with van der Waals surface area (Å²) in [7, 11) is 1.77. The van der Waals surface area contributed by atoms with E-state index in [2.05, 4.69) is 76.8 Å². The second-order valence-electron chi connectivity index (χ2n) is 7.68. The summed E-state index contributed by atoms with van der Waals surface area (Å²) in [6, 6.07) is 8.41. The molecule has 152 valence electrons. The van der Waals surface area contributed by atoms with Crippen molar-refractivity contribution >= 4 is 40.8 Å². The Bertz CT molecular complexity index is 907. The lowest BCUT2D eigenvalue weighted by molar-refractivity contribution is 0.379. The molecule has 0 aliphatic carbocycles. The molecule has 3 rings (SSSR count). The Morgan fingerprint density at radius 2 is 2.00 bits per heavy atom. The highest BCUT2D eigenvalue weighted by atomic mass is 127. The normalized spacial score (nSPS) is 12.1. The molecule has 6 nitrogen and oxygen atoms in total. The molecule has 0 atom stereocenters. The predicted octanol–water partition coefficient (Wildman–Crippen LogP) is 4.37. The molecular weight excluding hydrogens is 465 g/mol. The average molecular weight is 495 g/mol. The molecule has 0 bridgehead atoms. The fourth-order valence-corrected chi connectivity index (χ4v) is 2.94. The maximum atomic E-state index is 5.80. The second-order valence-corrected chi connectivity index (χ2v) is 7.68. The van der Waals surface area contributed by atoms with Crippen LogP contribution in [0.4, 0.5) is 0 Å².